The number of nitrogens with one attached hydrogen (secondary N) is 1. The number of methoxy groups -OCH3 is 1. The summed E-state index contributed by atoms with van der Waals surface area (Å²) < 4.78 is 5.14. The van der Waals surface area contributed by atoms with Crippen LogP contribution in [0.3, 0.4) is 0 Å². The second kappa shape index (κ2) is 7.87. The minimum absolute atomic E-state index is 0.112. The highest BCUT2D eigenvalue weighted by atomic mass is 16.5. The monoisotopic (exact) mass is 345 g/mol. The number of nitrogens with zero attached hydrogens (tertiary/aromatic N) is 2. The van der Waals surface area contributed by atoms with Crippen molar-refractivity contribution in [2.75, 3.05) is 33.3 Å². The van der Waals surface area contributed by atoms with E-state index in [1.165, 1.54) is 0 Å². The van der Waals surface area contributed by atoms with E-state index < -0.39 is 0 Å². The van der Waals surface area contributed by atoms with Crippen molar-refractivity contribution in [3.05, 3.63) is 29.8 Å². The van der Waals surface area contributed by atoms with Crippen LogP contribution in [0, 0.1) is 0 Å². The molecule has 1 heterocycles. The molecule has 0 aromatic heterocycles. The molecule has 0 bridgehead atoms. The molecule has 1 saturated heterocycles. The van der Waals surface area contributed by atoms with Crippen LogP contribution in [0.2, 0.25) is 0 Å². The minimum atomic E-state index is -0.126. The first-order valence-corrected chi connectivity index (χ1v) is 9.02. The van der Waals surface area contributed by atoms with E-state index in [0.29, 0.717) is 25.6 Å². The van der Waals surface area contributed by atoms with Crippen molar-refractivity contribution in [1.82, 2.24) is 15.1 Å². The fourth-order valence-corrected chi connectivity index (χ4v) is 3.10. The summed E-state index contributed by atoms with van der Waals surface area (Å²) >= 11 is 0. The SMILES string of the molecule is COc1ccc(CC(=O)N2CCN(C(C)C(=O)NC3CC3)CC2)cc1. The van der Waals surface area contributed by atoms with Crippen molar-refractivity contribution in [2.24, 2.45) is 0 Å². The molecular formula is C19H27N3O3. The molecule has 1 aromatic carbocycles. The third-order valence-corrected chi connectivity index (χ3v) is 5.03. The van der Waals surface area contributed by atoms with Crippen LogP contribution >= 0.6 is 0 Å². The van der Waals surface area contributed by atoms with Gasteiger partial charge in [-0.3, -0.25) is 14.5 Å². The number of benzene rings is 1. The Kier molecular flexibility index (Phi) is 5.58. The summed E-state index contributed by atoms with van der Waals surface area (Å²) in [5.41, 5.74) is 0.991. The maximum Gasteiger partial charge on any atom is 0.237 e. The zero-order chi connectivity index (χ0) is 17.8. The summed E-state index contributed by atoms with van der Waals surface area (Å²) in [6.45, 7) is 4.79. The Balaban J connectivity index is 1.45. The number of rotatable bonds is 6. The lowest BCUT2D eigenvalue weighted by Crippen LogP contribution is -2.55. The standard InChI is InChI=1S/C19H27N3O3/c1-14(19(24)20-16-5-6-16)21-9-11-22(12-10-21)18(23)13-15-3-7-17(25-2)8-4-15/h3-4,7-8,14,16H,5-6,9-13H2,1-2H3,(H,20,24). The highest BCUT2D eigenvalue weighted by Crippen LogP contribution is 2.19. The average Bonchev–Trinajstić information content (AvgIpc) is 3.45. The zero-order valence-electron chi connectivity index (χ0n) is 15.0. The molecule has 136 valence electrons. The third-order valence-electron chi connectivity index (χ3n) is 5.03. The molecule has 1 N–H and O–H groups in total. The van der Waals surface area contributed by atoms with Crippen LogP contribution in [0.1, 0.15) is 25.3 Å². The highest BCUT2D eigenvalue weighted by Gasteiger charge is 2.30. The molecule has 25 heavy (non-hydrogen) atoms. The van der Waals surface area contributed by atoms with Crippen LogP contribution in [0.4, 0.5) is 0 Å². The van der Waals surface area contributed by atoms with E-state index >= 15 is 0 Å². The van der Waals surface area contributed by atoms with Gasteiger partial charge >= 0.3 is 0 Å². The number of piperazine rings is 1. The Morgan fingerprint density at radius 1 is 1.16 bits per heavy atom. The number of amides is 2. The maximum absolute atomic E-state index is 12.5. The lowest BCUT2D eigenvalue weighted by molar-refractivity contribution is -0.133. The predicted molar refractivity (Wildman–Crippen MR) is 95.5 cm³/mol. The second-order valence-corrected chi connectivity index (χ2v) is 6.90. The molecule has 0 spiro atoms. The van der Waals surface area contributed by atoms with Gasteiger partial charge in [0.05, 0.1) is 19.6 Å². The first-order chi connectivity index (χ1) is 12.1. The van der Waals surface area contributed by atoms with Crippen molar-refractivity contribution < 1.29 is 14.3 Å². The Morgan fingerprint density at radius 2 is 1.80 bits per heavy atom. The van der Waals surface area contributed by atoms with E-state index in [1.807, 2.05) is 36.1 Å². The average molecular weight is 345 g/mol. The van der Waals surface area contributed by atoms with E-state index in [4.69, 9.17) is 4.74 Å². The van der Waals surface area contributed by atoms with E-state index in [9.17, 15) is 9.59 Å². The van der Waals surface area contributed by atoms with Gasteiger partial charge in [-0.05, 0) is 37.5 Å². The summed E-state index contributed by atoms with van der Waals surface area (Å²) in [6.07, 6.45) is 2.61. The van der Waals surface area contributed by atoms with Gasteiger partial charge in [-0.15, -0.1) is 0 Å². The highest BCUT2D eigenvalue weighted by molar-refractivity contribution is 5.82. The van der Waals surface area contributed by atoms with Gasteiger partial charge in [-0.25, -0.2) is 0 Å². The maximum atomic E-state index is 12.5. The van der Waals surface area contributed by atoms with Gasteiger partial charge in [0.25, 0.3) is 0 Å². The minimum Gasteiger partial charge on any atom is -0.497 e. The number of hydrogen-bond acceptors (Lipinski definition) is 4. The van der Waals surface area contributed by atoms with Gasteiger partial charge in [0.1, 0.15) is 5.75 Å². The number of carbonyl (C=O) groups excluding carboxylic acids is 2. The van der Waals surface area contributed by atoms with Crippen LogP contribution in [0.15, 0.2) is 24.3 Å². The lowest BCUT2D eigenvalue weighted by atomic mass is 10.1. The summed E-state index contributed by atoms with van der Waals surface area (Å²) in [7, 11) is 1.63. The largest absolute Gasteiger partial charge is 0.497 e. The molecule has 3 rings (SSSR count). The summed E-state index contributed by atoms with van der Waals surface area (Å²) in [6, 6.07) is 7.87. The van der Waals surface area contributed by atoms with Crippen LogP contribution in [0.5, 0.6) is 5.75 Å². The molecule has 1 saturated carbocycles. The molecule has 2 aliphatic rings. The smallest absolute Gasteiger partial charge is 0.237 e. The van der Waals surface area contributed by atoms with E-state index in [2.05, 4.69) is 10.2 Å². The van der Waals surface area contributed by atoms with Gasteiger partial charge in [0.2, 0.25) is 11.8 Å². The zero-order valence-corrected chi connectivity index (χ0v) is 15.0. The summed E-state index contributed by atoms with van der Waals surface area (Å²) in [5, 5.41) is 3.06. The topological polar surface area (TPSA) is 61.9 Å². The Labute approximate surface area is 149 Å². The van der Waals surface area contributed by atoms with Crippen LogP contribution in [0.25, 0.3) is 0 Å². The molecule has 1 unspecified atom stereocenters. The Bertz CT molecular complexity index is 605. The second-order valence-electron chi connectivity index (χ2n) is 6.90. The molecular weight excluding hydrogens is 318 g/mol. The number of ether oxygens (including phenoxy) is 1. The molecule has 2 amide bonds. The van der Waals surface area contributed by atoms with Crippen molar-refractivity contribution in [3.63, 3.8) is 0 Å². The van der Waals surface area contributed by atoms with Gasteiger partial charge in [0, 0.05) is 32.2 Å². The molecule has 6 nitrogen and oxygen atoms in total. The fourth-order valence-electron chi connectivity index (χ4n) is 3.10. The summed E-state index contributed by atoms with van der Waals surface area (Å²) in [5.74, 6) is 1.05. The van der Waals surface area contributed by atoms with E-state index in [0.717, 1.165) is 37.2 Å². The first kappa shape index (κ1) is 17.7. The van der Waals surface area contributed by atoms with Crippen molar-refractivity contribution in [2.45, 2.75) is 38.3 Å². The molecule has 1 atom stereocenters. The normalized spacial score (nSPS) is 19.4. The summed E-state index contributed by atoms with van der Waals surface area (Å²) in [4.78, 5) is 28.7. The van der Waals surface area contributed by atoms with E-state index in [1.54, 1.807) is 7.11 Å². The Morgan fingerprint density at radius 3 is 2.36 bits per heavy atom. The fraction of sp³-hybridized carbons (Fsp3) is 0.579. The van der Waals surface area contributed by atoms with Crippen LogP contribution < -0.4 is 10.1 Å². The molecule has 1 aliphatic carbocycles. The lowest BCUT2D eigenvalue weighted by Gasteiger charge is -2.37. The third kappa shape index (κ3) is 4.72. The van der Waals surface area contributed by atoms with Crippen LogP contribution in [-0.4, -0.2) is 67.0 Å². The predicted octanol–water partition coefficient (Wildman–Crippen LogP) is 1.05. The number of hydrogen-bond donors (Lipinski definition) is 1. The van der Waals surface area contributed by atoms with Gasteiger partial charge in [-0.2, -0.15) is 0 Å². The quantitative estimate of drug-likeness (QED) is 0.837. The van der Waals surface area contributed by atoms with Gasteiger partial charge in [-0.1, -0.05) is 12.1 Å². The van der Waals surface area contributed by atoms with Gasteiger partial charge in [0.15, 0.2) is 0 Å². The molecule has 6 heteroatoms. The van der Waals surface area contributed by atoms with Crippen molar-refractivity contribution in [3.8, 4) is 5.75 Å². The molecule has 2 fully saturated rings. The Hall–Kier alpha value is -2.08. The first-order valence-electron chi connectivity index (χ1n) is 9.02. The molecule has 1 aromatic rings. The van der Waals surface area contributed by atoms with Gasteiger partial charge < -0.3 is 15.0 Å². The number of carbonyl (C=O) groups is 2. The van der Waals surface area contributed by atoms with Crippen LogP contribution in [-0.2, 0) is 16.0 Å². The van der Waals surface area contributed by atoms with E-state index in [-0.39, 0.29) is 17.9 Å². The molecule has 1 aliphatic heterocycles. The van der Waals surface area contributed by atoms with Crippen molar-refractivity contribution in [1.29, 1.82) is 0 Å². The van der Waals surface area contributed by atoms with Crippen molar-refractivity contribution >= 4 is 11.8 Å². The molecule has 0 radical (unpaired) electrons.